The minimum Gasteiger partial charge on any atom is -0.480 e. The van der Waals surface area contributed by atoms with Crippen LogP contribution in [0.4, 0.5) is 0 Å². The molecule has 19 heavy (non-hydrogen) atoms. The lowest BCUT2D eigenvalue weighted by atomic mass is 10.0. The van der Waals surface area contributed by atoms with E-state index in [1.165, 1.54) is 0 Å². The predicted molar refractivity (Wildman–Crippen MR) is 75.0 cm³/mol. The molecule has 6 heteroatoms. The van der Waals surface area contributed by atoms with Crippen LogP contribution in [0.15, 0.2) is 0 Å². The van der Waals surface area contributed by atoms with Gasteiger partial charge in [0.1, 0.15) is 6.04 Å². The van der Waals surface area contributed by atoms with Crippen molar-refractivity contribution in [3.8, 4) is 0 Å². The highest BCUT2D eigenvalue weighted by Crippen LogP contribution is 2.46. The highest BCUT2D eigenvalue weighted by atomic mass is 32.2. The van der Waals surface area contributed by atoms with Crippen molar-refractivity contribution < 1.29 is 14.7 Å². The number of rotatable bonds is 5. The van der Waals surface area contributed by atoms with E-state index in [4.69, 9.17) is 0 Å². The Morgan fingerprint density at radius 2 is 2.05 bits per heavy atom. The summed E-state index contributed by atoms with van der Waals surface area (Å²) in [4.78, 5) is 25.7. The minimum atomic E-state index is -0.892. The Morgan fingerprint density at radius 3 is 2.53 bits per heavy atom. The van der Waals surface area contributed by atoms with Gasteiger partial charge in [0.05, 0.1) is 10.9 Å². The van der Waals surface area contributed by atoms with Gasteiger partial charge < -0.3 is 15.3 Å². The van der Waals surface area contributed by atoms with Crippen molar-refractivity contribution in [3.63, 3.8) is 0 Å². The maximum Gasteiger partial charge on any atom is 0.327 e. The lowest BCUT2D eigenvalue weighted by Gasteiger charge is -2.35. The third-order valence-electron chi connectivity index (χ3n) is 3.73. The minimum absolute atomic E-state index is 0.0477. The lowest BCUT2D eigenvalue weighted by Crippen LogP contribution is -2.58. The van der Waals surface area contributed by atoms with Gasteiger partial charge >= 0.3 is 5.97 Å². The molecular weight excluding hydrogens is 264 g/mol. The second-order valence-corrected chi connectivity index (χ2v) is 6.93. The van der Waals surface area contributed by atoms with Gasteiger partial charge in [-0.1, -0.05) is 6.92 Å². The van der Waals surface area contributed by atoms with Gasteiger partial charge in [0.25, 0.3) is 0 Å². The Morgan fingerprint density at radius 1 is 1.42 bits per heavy atom. The fourth-order valence-electron chi connectivity index (χ4n) is 2.56. The fourth-order valence-corrected chi connectivity index (χ4v) is 4.19. The van der Waals surface area contributed by atoms with Crippen molar-refractivity contribution in [2.75, 3.05) is 12.3 Å². The van der Waals surface area contributed by atoms with E-state index in [1.807, 2.05) is 20.8 Å². The zero-order valence-corrected chi connectivity index (χ0v) is 12.5. The molecule has 5 nitrogen and oxygen atoms in total. The standard InChI is InChI=1S/C13H22N2O3S/c1-4-14-13(2,3)12(18)15-9(11(16)17)7-19-10(15)8-5-6-8/h8-10,14H,4-7H2,1-3H3,(H,16,17). The first-order chi connectivity index (χ1) is 8.88. The zero-order valence-electron chi connectivity index (χ0n) is 11.7. The number of likely N-dealkylation sites (N-methyl/N-ethyl adjacent to an activating group) is 1. The molecule has 1 heterocycles. The van der Waals surface area contributed by atoms with Gasteiger partial charge in [-0.25, -0.2) is 4.79 Å². The Hall–Kier alpha value is -0.750. The molecule has 1 aliphatic carbocycles. The number of nitrogens with one attached hydrogen (secondary N) is 1. The number of thioether (sulfide) groups is 1. The summed E-state index contributed by atoms with van der Waals surface area (Å²) in [6, 6.07) is -0.680. The maximum atomic E-state index is 12.7. The van der Waals surface area contributed by atoms with Crippen molar-refractivity contribution >= 4 is 23.6 Å². The number of hydrogen-bond acceptors (Lipinski definition) is 4. The quantitative estimate of drug-likeness (QED) is 0.793. The third-order valence-corrected chi connectivity index (χ3v) is 5.19. The van der Waals surface area contributed by atoms with Crippen LogP contribution < -0.4 is 5.32 Å². The molecule has 2 aliphatic rings. The molecule has 2 unspecified atom stereocenters. The average molecular weight is 286 g/mol. The normalized spacial score (nSPS) is 27.6. The Labute approximate surface area is 118 Å². The molecule has 2 rings (SSSR count). The summed E-state index contributed by atoms with van der Waals surface area (Å²) in [6.45, 7) is 6.28. The SMILES string of the molecule is CCNC(C)(C)C(=O)N1C(C(=O)O)CSC1C1CC1. The van der Waals surface area contributed by atoms with Gasteiger partial charge in [-0.15, -0.1) is 11.8 Å². The first kappa shape index (κ1) is 14.7. The lowest BCUT2D eigenvalue weighted by molar-refractivity contribution is -0.151. The van der Waals surface area contributed by atoms with E-state index >= 15 is 0 Å². The highest BCUT2D eigenvalue weighted by Gasteiger charge is 2.50. The van der Waals surface area contributed by atoms with E-state index in [9.17, 15) is 14.7 Å². The summed E-state index contributed by atoms with van der Waals surface area (Å²) >= 11 is 1.62. The molecule has 1 saturated carbocycles. The highest BCUT2D eigenvalue weighted by molar-refractivity contribution is 8.00. The molecule has 2 fully saturated rings. The molecule has 2 N–H and O–H groups in total. The van der Waals surface area contributed by atoms with E-state index in [0.717, 1.165) is 12.8 Å². The van der Waals surface area contributed by atoms with Crippen LogP contribution in [0.25, 0.3) is 0 Å². The van der Waals surface area contributed by atoms with E-state index in [2.05, 4.69) is 5.32 Å². The Balaban J connectivity index is 2.20. The van der Waals surface area contributed by atoms with Gasteiger partial charge in [0.2, 0.25) is 5.91 Å². The number of aliphatic carboxylic acids is 1. The number of hydrogen-bond donors (Lipinski definition) is 2. The fraction of sp³-hybridized carbons (Fsp3) is 0.846. The van der Waals surface area contributed by atoms with Gasteiger partial charge in [0.15, 0.2) is 0 Å². The Kier molecular flexibility index (Phi) is 4.11. The molecule has 1 saturated heterocycles. The molecule has 0 aromatic carbocycles. The molecule has 1 amide bonds. The summed E-state index contributed by atoms with van der Waals surface area (Å²) < 4.78 is 0. The van der Waals surface area contributed by atoms with Crippen LogP contribution in [0.1, 0.15) is 33.6 Å². The van der Waals surface area contributed by atoms with Crippen molar-refractivity contribution in [3.05, 3.63) is 0 Å². The number of nitrogens with zero attached hydrogens (tertiary/aromatic N) is 1. The number of carbonyl (C=O) groups excluding carboxylic acids is 1. The smallest absolute Gasteiger partial charge is 0.327 e. The van der Waals surface area contributed by atoms with Crippen LogP contribution in [0.5, 0.6) is 0 Å². The zero-order chi connectivity index (χ0) is 14.2. The number of amides is 1. The maximum absolute atomic E-state index is 12.7. The average Bonchev–Trinajstić information content (AvgIpc) is 3.06. The van der Waals surface area contributed by atoms with E-state index in [0.29, 0.717) is 18.2 Å². The first-order valence-electron chi connectivity index (χ1n) is 6.80. The Bertz CT molecular complexity index is 382. The topological polar surface area (TPSA) is 69.6 Å². The van der Waals surface area contributed by atoms with Crippen molar-refractivity contribution in [1.29, 1.82) is 0 Å². The monoisotopic (exact) mass is 286 g/mol. The third kappa shape index (κ3) is 2.89. The summed E-state index contributed by atoms with van der Waals surface area (Å²) in [7, 11) is 0. The van der Waals surface area contributed by atoms with Crippen LogP contribution in [0.3, 0.4) is 0 Å². The molecule has 0 aromatic heterocycles. The van der Waals surface area contributed by atoms with Crippen LogP contribution in [0.2, 0.25) is 0 Å². The molecule has 0 bridgehead atoms. The van der Waals surface area contributed by atoms with Crippen LogP contribution >= 0.6 is 11.8 Å². The predicted octanol–water partition coefficient (Wildman–Crippen LogP) is 1.14. The van der Waals surface area contributed by atoms with Crippen LogP contribution in [-0.4, -0.2) is 51.1 Å². The molecule has 0 aromatic rings. The van der Waals surface area contributed by atoms with Crippen LogP contribution in [-0.2, 0) is 9.59 Å². The summed E-state index contributed by atoms with van der Waals surface area (Å²) in [5, 5.41) is 12.5. The molecule has 2 atom stereocenters. The van der Waals surface area contributed by atoms with E-state index in [-0.39, 0.29) is 11.3 Å². The van der Waals surface area contributed by atoms with E-state index in [1.54, 1.807) is 16.7 Å². The van der Waals surface area contributed by atoms with E-state index < -0.39 is 17.6 Å². The number of carboxylic acids is 1. The summed E-state index contributed by atoms with van der Waals surface area (Å²) in [5.41, 5.74) is -0.708. The molecule has 108 valence electrons. The number of carboxylic acid groups (broad SMARTS) is 1. The summed E-state index contributed by atoms with van der Waals surface area (Å²) in [5.74, 6) is 0.000405. The molecular formula is C13H22N2O3S. The molecule has 1 aliphatic heterocycles. The number of carbonyl (C=O) groups is 2. The van der Waals surface area contributed by atoms with Gasteiger partial charge in [0, 0.05) is 5.75 Å². The van der Waals surface area contributed by atoms with Crippen molar-refractivity contribution in [2.24, 2.45) is 5.92 Å². The second kappa shape index (κ2) is 5.32. The first-order valence-corrected chi connectivity index (χ1v) is 7.85. The van der Waals surface area contributed by atoms with Crippen molar-refractivity contribution in [1.82, 2.24) is 10.2 Å². The molecule has 0 radical (unpaired) electrons. The van der Waals surface area contributed by atoms with Crippen molar-refractivity contribution in [2.45, 2.75) is 50.6 Å². The van der Waals surface area contributed by atoms with Gasteiger partial charge in [-0.2, -0.15) is 0 Å². The van der Waals surface area contributed by atoms with Crippen LogP contribution in [0, 0.1) is 5.92 Å². The molecule has 0 spiro atoms. The van der Waals surface area contributed by atoms with Gasteiger partial charge in [-0.3, -0.25) is 4.79 Å². The second-order valence-electron chi connectivity index (χ2n) is 5.78. The van der Waals surface area contributed by atoms with Gasteiger partial charge in [-0.05, 0) is 39.2 Å². The summed E-state index contributed by atoms with van der Waals surface area (Å²) in [6.07, 6.45) is 2.21. The largest absolute Gasteiger partial charge is 0.480 e.